The molecule has 0 amide bonds. The van der Waals surface area contributed by atoms with Crippen LogP contribution in [0.4, 0.5) is 0 Å². The van der Waals surface area contributed by atoms with E-state index in [0.29, 0.717) is 78.6 Å². The van der Waals surface area contributed by atoms with Crippen molar-refractivity contribution in [3.63, 3.8) is 0 Å². The molecule has 0 aliphatic carbocycles. The lowest BCUT2D eigenvalue weighted by Crippen LogP contribution is -2.13. The Morgan fingerprint density at radius 2 is 0.757 bits per heavy atom. The highest BCUT2D eigenvalue weighted by Crippen LogP contribution is 2.43. The van der Waals surface area contributed by atoms with Crippen LogP contribution in [0.25, 0.3) is 54.4 Å². The number of nitrogens with zero attached hydrogens (tertiary/aromatic N) is 4. The normalized spacial score (nSPS) is 13.2. The van der Waals surface area contributed by atoms with Gasteiger partial charge in [-0.15, -0.1) is 0 Å². The molecule has 0 N–H and O–H groups in total. The summed E-state index contributed by atoms with van der Waals surface area (Å²) < 4.78 is 13.5. The Labute approximate surface area is 408 Å². The Morgan fingerprint density at radius 1 is 0.414 bits per heavy atom. The highest BCUT2D eigenvalue weighted by molar-refractivity contribution is 6.25. The quantitative estimate of drug-likeness (QED) is 0.139. The number of hydrogen-bond acceptors (Lipinski definition) is 8. The summed E-state index contributed by atoms with van der Waals surface area (Å²) in [7, 11) is 0. The lowest BCUT2D eigenvalue weighted by Gasteiger charge is -2.26. The number of rotatable bonds is 0. The summed E-state index contributed by atoms with van der Waals surface area (Å²) in [6.07, 6.45) is 0. The lowest BCUT2D eigenvalue weighted by molar-refractivity contribution is 0.102. The van der Waals surface area contributed by atoms with Gasteiger partial charge in [0.2, 0.25) is 0 Å². The highest BCUT2D eigenvalue weighted by atomic mass is 16.5. The van der Waals surface area contributed by atoms with Gasteiger partial charge in [-0.2, -0.15) is 0 Å². The molecule has 12 rings (SSSR count). The van der Waals surface area contributed by atoms with Gasteiger partial charge >= 0.3 is 0 Å². The number of hydrogen-bond donors (Lipinski definition) is 0. The molecule has 0 unspecified atom stereocenters. The van der Waals surface area contributed by atoms with Crippen LogP contribution in [0.5, 0.6) is 11.5 Å². The third-order valence-corrected chi connectivity index (χ3v) is 13.5. The minimum Gasteiger partial charge on any atom is -0.489 e. The lowest BCUT2D eigenvalue weighted by atomic mass is 9.79. The maximum atomic E-state index is 15.1. The van der Waals surface area contributed by atoms with E-state index in [1.54, 1.807) is 12.1 Å². The third-order valence-electron chi connectivity index (χ3n) is 13.5. The fourth-order valence-corrected chi connectivity index (χ4v) is 9.76. The summed E-state index contributed by atoms with van der Waals surface area (Å²) in [5, 5.41) is 6.83. The van der Waals surface area contributed by atoms with Gasteiger partial charge in [0.1, 0.15) is 24.7 Å². The van der Waals surface area contributed by atoms with Crippen LogP contribution in [0.2, 0.25) is 0 Å². The number of ether oxygens (including phenoxy) is 2. The molecule has 70 heavy (non-hydrogen) atoms. The molecule has 8 aromatic carbocycles. The van der Waals surface area contributed by atoms with Crippen molar-refractivity contribution in [2.24, 2.45) is 0 Å². The summed E-state index contributed by atoms with van der Waals surface area (Å²) in [4.78, 5) is 50.5. The maximum absolute atomic E-state index is 15.1. The highest BCUT2D eigenvalue weighted by Gasteiger charge is 2.25. The Kier molecular flexibility index (Phi) is 11.5. The Morgan fingerprint density at radius 3 is 1.09 bits per heavy atom. The van der Waals surface area contributed by atoms with Crippen molar-refractivity contribution in [2.45, 2.75) is 93.3 Å². The summed E-state index contributed by atoms with van der Waals surface area (Å²) in [5.74, 6) is 0.603. The largest absolute Gasteiger partial charge is 0.489 e. The van der Waals surface area contributed by atoms with Crippen molar-refractivity contribution in [3.05, 3.63) is 201 Å². The van der Waals surface area contributed by atoms with Gasteiger partial charge in [0.25, 0.3) is 0 Å². The minimum absolute atomic E-state index is 0.148. The zero-order chi connectivity index (χ0) is 49.2. The van der Waals surface area contributed by atoms with Crippen LogP contribution in [0, 0.1) is 27.7 Å². The van der Waals surface area contributed by atoms with Gasteiger partial charge in [-0.05, 0) is 154 Å². The molecular formula is C62H56N4O4. The van der Waals surface area contributed by atoms with E-state index in [9.17, 15) is 0 Å². The van der Waals surface area contributed by atoms with E-state index in [0.717, 1.165) is 32.7 Å². The van der Waals surface area contributed by atoms with Crippen LogP contribution >= 0.6 is 0 Å². The van der Waals surface area contributed by atoms with E-state index >= 15 is 9.59 Å². The van der Waals surface area contributed by atoms with Crippen LogP contribution in [0.1, 0.15) is 118 Å². The molecule has 8 heteroatoms. The van der Waals surface area contributed by atoms with Gasteiger partial charge in [-0.25, -0.2) is 0 Å². The van der Waals surface area contributed by atoms with E-state index < -0.39 is 0 Å². The first-order valence-corrected chi connectivity index (χ1v) is 23.9. The first-order valence-electron chi connectivity index (χ1n) is 23.9. The second-order valence-electron chi connectivity index (χ2n) is 20.6. The van der Waals surface area contributed by atoms with Gasteiger partial charge < -0.3 is 9.47 Å². The molecule has 3 aliphatic heterocycles. The van der Waals surface area contributed by atoms with E-state index in [4.69, 9.17) is 29.4 Å². The van der Waals surface area contributed by atoms with Crippen molar-refractivity contribution < 1.29 is 19.1 Å². The van der Waals surface area contributed by atoms with E-state index in [2.05, 4.69) is 77.9 Å². The van der Waals surface area contributed by atoms with E-state index in [1.807, 2.05) is 113 Å². The maximum Gasteiger partial charge on any atom is 0.196 e. The van der Waals surface area contributed by atoms with Gasteiger partial charge in [0.05, 0.1) is 56.0 Å². The number of aromatic nitrogens is 4. The summed E-state index contributed by atoms with van der Waals surface area (Å²) in [5.41, 5.74) is 9.63. The van der Waals surface area contributed by atoms with E-state index in [1.165, 1.54) is 21.9 Å². The van der Waals surface area contributed by atoms with Crippen LogP contribution in [0.15, 0.2) is 133 Å². The first-order chi connectivity index (χ1) is 33.4. The molecule has 0 radical (unpaired) electrons. The molecular weight excluding hydrogens is 865 g/mol. The summed E-state index contributed by atoms with van der Waals surface area (Å²) in [6, 6.07) is 43.5. The van der Waals surface area contributed by atoms with Gasteiger partial charge in [-0.1, -0.05) is 114 Å². The number of ketones is 2. The second kappa shape index (κ2) is 17.6. The fourth-order valence-electron chi connectivity index (χ4n) is 9.76. The fraction of sp³-hybridized carbons (Fsp3) is 0.226. The molecule has 0 atom stereocenters. The summed E-state index contributed by atoms with van der Waals surface area (Å²) >= 11 is 0. The van der Waals surface area contributed by atoms with Crippen LogP contribution in [-0.4, -0.2) is 31.5 Å². The number of carbonyl (C=O) groups excluding carboxylic acids is 2. The molecule has 0 saturated carbocycles. The van der Waals surface area contributed by atoms with E-state index in [-0.39, 0.29) is 35.6 Å². The molecule has 0 spiro atoms. The standard InChI is InChI=1S/C62H56N4O4/c1-35-55-36(2)64-53-23-13-14-24-54(53)66-38(4)56(37(3)65-52-22-12-11-21-51(52)63-35)60(68)40-18-16-20-48(30-40)70-34-44-26-42-28-45(61(5,6)7)31-49-43(33-69-47-19-15-17-39(29-47)59(55)67)25-41-27-46(62(8,9)10)32-50(44)58(41)57(42)49/h11-32H,33-34H2,1-10H3. The molecule has 0 saturated heterocycles. The number of para-hydroxylation sites is 4. The number of aryl methyl sites for hydroxylation is 4. The molecule has 1 aromatic heterocycles. The molecule has 12 bridgehead atoms. The monoisotopic (exact) mass is 920 g/mol. The third kappa shape index (κ3) is 8.63. The van der Waals surface area contributed by atoms with Gasteiger partial charge in [-0.3, -0.25) is 29.5 Å². The Hall–Kier alpha value is -7.84. The zero-order valence-electron chi connectivity index (χ0n) is 41.5. The molecule has 8 nitrogen and oxygen atoms in total. The van der Waals surface area contributed by atoms with Crippen molar-refractivity contribution in [1.29, 1.82) is 0 Å². The number of fused-ring (bicyclic) bond motifs is 2. The van der Waals surface area contributed by atoms with Crippen molar-refractivity contribution in [3.8, 4) is 11.5 Å². The van der Waals surface area contributed by atoms with Crippen molar-refractivity contribution >= 4 is 66.0 Å². The molecule has 0 fully saturated rings. The zero-order valence-corrected chi connectivity index (χ0v) is 41.5. The smallest absolute Gasteiger partial charge is 0.196 e. The van der Waals surface area contributed by atoms with Gasteiger partial charge in [0.15, 0.2) is 11.6 Å². The predicted octanol–water partition coefficient (Wildman–Crippen LogP) is 14.5. The molecule has 4 heterocycles. The molecule has 3 aliphatic rings. The number of carbonyl (C=O) groups is 2. The van der Waals surface area contributed by atoms with Gasteiger partial charge in [0, 0.05) is 11.1 Å². The SMILES string of the molecule is Cc1nc2ccccc2nc(C)c2c(C)nc3ccccc3nc(C)c1C(=O)c1cccc(c1)OCc1cc3cc(C(C)(C)C)cc4c(cc5cc(C(C)(C)C)cc1c5c34)COc1cccc(c1)C2=O. The molecule has 348 valence electrons. The Balaban J connectivity index is 1.29. The second-order valence-corrected chi connectivity index (χ2v) is 20.6. The summed E-state index contributed by atoms with van der Waals surface area (Å²) in [6.45, 7) is 21.2. The average Bonchev–Trinajstić information content (AvgIpc) is 3.32. The molecule has 9 aromatic rings. The number of benzene rings is 8. The minimum atomic E-state index is -0.258. The first kappa shape index (κ1) is 45.9. The topological polar surface area (TPSA) is 104 Å². The van der Waals surface area contributed by atoms with Crippen molar-refractivity contribution in [1.82, 2.24) is 19.9 Å². The predicted molar refractivity (Wildman–Crippen MR) is 283 cm³/mol. The van der Waals surface area contributed by atoms with Crippen LogP contribution in [0.3, 0.4) is 0 Å². The van der Waals surface area contributed by atoms with Crippen LogP contribution in [-0.2, 0) is 24.0 Å². The Bertz CT molecular complexity index is 3450. The van der Waals surface area contributed by atoms with Crippen molar-refractivity contribution in [2.75, 3.05) is 0 Å². The van der Waals surface area contributed by atoms with Crippen LogP contribution < -0.4 is 9.47 Å². The average molecular weight is 921 g/mol.